The van der Waals surface area contributed by atoms with Crippen LogP contribution in [0.2, 0.25) is 0 Å². The number of ether oxygens (including phenoxy) is 2. The van der Waals surface area contributed by atoms with Crippen LogP contribution < -0.4 is 10.1 Å². The molecule has 0 aliphatic carbocycles. The average molecular weight is 401 g/mol. The second-order valence-corrected chi connectivity index (χ2v) is 6.74. The van der Waals surface area contributed by atoms with Crippen LogP contribution in [0.5, 0.6) is 5.75 Å². The van der Waals surface area contributed by atoms with Crippen molar-refractivity contribution in [3.05, 3.63) is 65.7 Å². The summed E-state index contributed by atoms with van der Waals surface area (Å²) in [6.07, 6.45) is 0. The molecule has 2 atom stereocenters. The molecule has 7 heteroatoms. The Balaban J connectivity index is 1.73. The third-order valence-corrected chi connectivity index (χ3v) is 4.56. The fourth-order valence-corrected chi connectivity index (χ4v) is 3.12. The van der Waals surface area contributed by atoms with Gasteiger partial charge in [0.2, 0.25) is 0 Å². The molecule has 146 valence electrons. The normalized spacial score (nSPS) is 18.8. The Morgan fingerprint density at radius 3 is 2.54 bits per heavy atom. The highest BCUT2D eigenvalue weighted by Gasteiger charge is 2.37. The third kappa shape index (κ3) is 4.89. The van der Waals surface area contributed by atoms with Crippen molar-refractivity contribution in [3.63, 3.8) is 0 Å². The molecule has 0 aromatic heterocycles. The number of hydrogen-bond acceptors (Lipinski definition) is 4. The minimum atomic E-state index is -0.697. The van der Waals surface area contributed by atoms with Crippen molar-refractivity contribution in [1.82, 2.24) is 5.32 Å². The molecule has 0 radical (unpaired) electrons. The van der Waals surface area contributed by atoms with Crippen molar-refractivity contribution in [1.29, 1.82) is 0 Å². The van der Waals surface area contributed by atoms with Crippen LogP contribution >= 0.6 is 11.6 Å². The molecule has 6 nitrogen and oxygen atoms in total. The van der Waals surface area contributed by atoms with Crippen molar-refractivity contribution < 1.29 is 19.1 Å². The number of hydrogen-bond donors (Lipinski definition) is 1. The van der Waals surface area contributed by atoms with E-state index in [9.17, 15) is 9.59 Å². The first-order valence-corrected chi connectivity index (χ1v) is 9.47. The minimum absolute atomic E-state index is 0.108. The lowest BCUT2D eigenvalue weighted by Gasteiger charge is -2.29. The van der Waals surface area contributed by atoms with Gasteiger partial charge in [-0.2, -0.15) is 0 Å². The number of nitrogens with zero attached hydrogens (tertiary/aromatic N) is 1. The predicted molar refractivity (Wildman–Crippen MR) is 107 cm³/mol. The highest BCUT2D eigenvalue weighted by Crippen LogP contribution is 2.29. The van der Waals surface area contributed by atoms with Crippen molar-refractivity contribution in [3.8, 4) is 5.75 Å². The zero-order valence-electron chi connectivity index (χ0n) is 15.4. The number of amides is 2. The molecular weight excluding hydrogens is 380 g/mol. The van der Waals surface area contributed by atoms with Crippen LogP contribution in [0.15, 0.2) is 59.6 Å². The molecular formula is C21H21ClN2O4. The quantitative estimate of drug-likeness (QED) is 0.565. The second-order valence-electron chi connectivity index (χ2n) is 6.36. The first-order chi connectivity index (χ1) is 13.6. The Hall–Kier alpha value is -2.86. The summed E-state index contributed by atoms with van der Waals surface area (Å²) in [6.45, 7) is 2.21. The number of carbonyl (C=O) groups is 2. The third-order valence-electron chi connectivity index (χ3n) is 4.40. The first-order valence-electron chi connectivity index (χ1n) is 8.93. The standard InChI is InChI=1S/C21H21ClN2O4/c1-14-18(20(25)27-12-11-22)19(24-21(26)23-14)16-7-9-17(10-8-16)28-13-15-5-3-2-4-6-15/h2-10,18-19H,11-13H2,1H3,(H,24,26). The van der Waals surface area contributed by atoms with E-state index in [-0.39, 0.29) is 12.5 Å². The van der Waals surface area contributed by atoms with Gasteiger partial charge in [-0.1, -0.05) is 42.5 Å². The van der Waals surface area contributed by atoms with Gasteiger partial charge in [0.15, 0.2) is 0 Å². The van der Waals surface area contributed by atoms with E-state index < -0.39 is 24.0 Å². The van der Waals surface area contributed by atoms with Crippen molar-refractivity contribution in [2.75, 3.05) is 12.5 Å². The van der Waals surface area contributed by atoms with Gasteiger partial charge in [-0.3, -0.25) is 4.79 Å². The number of carbonyl (C=O) groups excluding carboxylic acids is 2. The molecule has 3 rings (SSSR count). The van der Waals surface area contributed by atoms with Crippen LogP contribution in [0.1, 0.15) is 24.1 Å². The smallest absolute Gasteiger partial charge is 0.341 e. The van der Waals surface area contributed by atoms with Crippen LogP contribution in [0, 0.1) is 5.92 Å². The molecule has 0 fully saturated rings. The summed E-state index contributed by atoms with van der Waals surface area (Å²) in [4.78, 5) is 28.2. The summed E-state index contributed by atoms with van der Waals surface area (Å²) in [5.41, 5.74) is 2.25. The molecule has 1 aliphatic heterocycles. The number of aliphatic imine (C=N–C) groups is 1. The summed E-state index contributed by atoms with van der Waals surface area (Å²) < 4.78 is 11.0. The van der Waals surface area contributed by atoms with Gasteiger partial charge in [0.05, 0.1) is 11.9 Å². The van der Waals surface area contributed by atoms with Crippen LogP contribution in [0.3, 0.4) is 0 Å². The Kier molecular flexibility index (Phi) is 6.66. The molecule has 2 amide bonds. The van der Waals surface area contributed by atoms with E-state index in [4.69, 9.17) is 21.1 Å². The van der Waals surface area contributed by atoms with E-state index in [0.29, 0.717) is 18.1 Å². The topological polar surface area (TPSA) is 77.0 Å². The largest absolute Gasteiger partial charge is 0.489 e. The van der Waals surface area contributed by atoms with Gasteiger partial charge in [-0.15, -0.1) is 11.6 Å². The van der Waals surface area contributed by atoms with Crippen molar-refractivity contribution >= 4 is 29.3 Å². The fourth-order valence-electron chi connectivity index (χ4n) is 3.04. The van der Waals surface area contributed by atoms with E-state index in [2.05, 4.69) is 10.3 Å². The molecule has 2 aromatic rings. The maximum atomic E-state index is 12.4. The molecule has 0 saturated carbocycles. The van der Waals surface area contributed by atoms with Crippen LogP contribution in [-0.2, 0) is 16.1 Å². The van der Waals surface area contributed by atoms with E-state index in [1.165, 1.54) is 0 Å². The fraction of sp³-hybridized carbons (Fsp3) is 0.286. The monoisotopic (exact) mass is 400 g/mol. The number of benzene rings is 2. The number of rotatable bonds is 7. The van der Waals surface area contributed by atoms with E-state index in [0.717, 1.165) is 11.1 Å². The summed E-state index contributed by atoms with van der Waals surface area (Å²) in [7, 11) is 0. The number of halogens is 1. The number of esters is 1. The maximum absolute atomic E-state index is 12.4. The maximum Gasteiger partial charge on any atom is 0.341 e. The highest BCUT2D eigenvalue weighted by atomic mass is 35.5. The molecule has 0 spiro atoms. The first kappa shape index (κ1) is 19.9. The highest BCUT2D eigenvalue weighted by molar-refractivity contribution is 6.18. The Morgan fingerprint density at radius 2 is 1.86 bits per heavy atom. The average Bonchev–Trinajstić information content (AvgIpc) is 2.71. The zero-order valence-corrected chi connectivity index (χ0v) is 16.2. The SMILES string of the molecule is CC1=NC(=O)NC(c2ccc(OCc3ccccc3)cc2)C1C(=O)OCCCl. The minimum Gasteiger partial charge on any atom is -0.489 e. The van der Waals surface area contributed by atoms with Crippen LogP contribution in [-0.4, -0.2) is 30.2 Å². The summed E-state index contributed by atoms with van der Waals surface area (Å²) in [5, 5.41) is 2.75. The van der Waals surface area contributed by atoms with E-state index in [1.54, 1.807) is 6.92 Å². The van der Waals surface area contributed by atoms with Gasteiger partial charge >= 0.3 is 12.0 Å². The lowest BCUT2D eigenvalue weighted by atomic mass is 9.88. The molecule has 2 aromatic carbocycles. The summed E-state index contributed by atoms with van der Waals surface area (Å²) in [6, 6.07) is 16.1. The Labute approximate surface area is 168 Å². The van der Waals surface area contributed by atoms with Crippen LogP contribution in [0.25, 0.3) is 0 Å². The van der Waals surface area contributed by atoms with Gasteiger partial charge in [-0.25, -0.2) is 9.79 Å². The number of urea groups is 1. The van der Waals surface area contributed by atoms with Gasteiger partial charge in [0, 0.05) is 5.71 Å². The van der Waals surface area contributed by atoms with Gasteiger partial charge in [0.1, 0.15) is 24.9 Å². The van der Waals surface area contributed by atoms with E-state index in [1.807, 2.05) is 54.6 Å². The van der Waals surface area contributed by atoms with Gasteiger partial charge in [0.25, 0.3) is 0 Å². The molecule has 1 N–H and O–H groups in total. The van der Waals surface area contributed by atoms with Crippen molar-refractivity contribution in [2.24, 2.45) is 10.9 Å². The predicted octanol–water partition coefficient (Wildman–Crippen LogP) is 3.89. The second kappa shape index (κ2) is 9.37. The lowest BCUT2D eigenvalue weighted by molar-refractivity contribution is -0.146. The molecule has 1 aliphatic rings. The molecule has 0 bridgehead atoms. The van der Waals surface area contributed by atoms with Gasteiger partial charge < -0.3 is 14.8 Å². The Morgan fingerprint density at radius 1 is 1.14 bits per heavy atom. The Bertz CT molecular complexity index is 852. The number of nitrogens with one attached hydrogen (secondary N) is 1. The molecule has 1 heterocycles. The zero-order chi connectivity index (χ0) is 19.9. The number of alkyl halides is 1. The molecule has 2 unspecified atom stereocenters. The molecule has 0 saturated heterocycles. The van der Waals surface area contributed by atoms with E-state index >= 15 is 0 Å². The molecule has 28 heavy (non-hydrogen) atoms. The van der Waals surface area contributed by atoms with Crippen LogP contribution in [0.4, 0.5) is 4.79 Å². The van der Waals surface area contributed by atoms with Crippen molar-refractivity contribution in [2.45, 2.75) is 19.6 Å². The summed E-state index contributed by atoms with van der Waals surface area (Å²) in [5.74, 6) is -0.256. The summed E-state index contributed by atoms with van der Waals surface area (Å²) >= 11 is 5.60. The van der Waals surface area contributed by atoms with Gasteiger partial charge in [-0.05, 0) is 30.2 Å². The lowest BCUT2D eigenvalue weighted by Crippen LogP contribution is -2.44.